The van der Waals surface area contributed by atoms with E-state index in [9.17, 15) is 9.18 Å². The highest BCUT2D eigenvalue weighted by Gasteiger charge is 2.20. The lowest BCUT2D eigenvalue weighted by atomic mass is 9.98. The van der Waals surface area contributed by atoms with E-state index in [2.05, 4.69) is 22.0 Å². The Kier molecular flexibility index (Phi) is 6.92. The van der Waals surface area contributed by atoms with Gasteiger partial charge in [-0.2, -0.15) is 0 Å². The second-order valence-corrected chi connectivity index (χ2v) is 8.46. The first kappa shape index (κ1) is 21.4. The largest absolute Gasteiger partial charge is 0.493 e. The van der Waals surface area contributed by atoms with Crippen molar-refractivity contribution in [1.29, 1.82) is 0 Å². The first-order chi connectivity index (χ1) is 15.1. The van der Waals surface area contributed by atoms with E-state index in [1.807, 2.05) is 25.1 Å². The third-order valence-corrected chi connectivity index (χ3v) is 5.93. The smallest absolute Gasteiger partial charge is 0.162 e. The molecular formula is C26H29FN2O2. The molecule has 4 nitrogen and oxygen atoms in total. The van der Waals surface area contributed by atoms with Crippen molar-refractivity contribution in [2.24, 2.45) is 5.92 Å². The van der Waals surface area contributed by atoms with Gasteiger partial charge in [-0.15, -0.1) is 0 Å². The van der Waals surface area contributed by atoms with Gasteiger partial charge in [0, 0.05) is 35.5 Å². The molecule has 1 aliphatic rings. The number of pyridine rings is 1. The van der Waals surface area contributed by atoms with Gasteiger partial charge in [0.1, 0.15) is 11.6 Å². The van der Waals surface area contributed by atoms with Crippen LogP contribution >= 0.6 is 0 Å². The number of ether oxygens (including phenoxy) is 1. The molecule has 1 aliphatic heterocycles. The van der Waals surface area contributed by atoms with Crippen LogP contribution in [0, 0.1) is 18.7 Å². The summed E-state index contributed by atoms with van der Waals surface area (Å²) in [6, 6.07) is 16.0. The van der Waals surface area contributed by atoms with Gasteiger partial charge >= 0.3 is 0 Å². The summed E-state index contributed by atoms with van der Waals surface area (Å²) in [7, 11) is 0. The molecule has 0 spiro atoms. The Bertz CT molecular complexity index is 1040. The molecule has 2 aromatic carbocycles. The molecule has 0 radical (unpaired) electrons. The molecule has 1 atom stereocenters. The Balaban J connectivity index is 1.22. The fourth-order valence-electron chi connectivity index (χ4n) is 4.24. The molecule has 3 aromatic rings. The predicted molar refractivity (Wildman–Crippen MR) is 121 cm³/mol. The van der Waals surface area contributed by atoms with Crippen molar-refractivity contribution < 1.29 is 13.9 Å². The standard InChI is InChI=1S/C26H29FN2O2/c1-19-6-7-22-16-24(12-13-25(22)28-19)31-18-20-4-2-14-29(17-20)15-3-5-26(30)21-8-10-23(27)11-9-21/h6-13,16,20H,2-5,14-15,17-18H2,1H3. The topological polar surface area (TPSA) is 42.4 Å². The second kappa shape index (κ2) is 10.0. The Labute approximate surface area is 183 Å². The van der Waals surface area contributed by atoms with Gasteiger partial charge in [-0.1, -0.05) is 6.07 Å². The van der Waals surface area contributed by atoms with Gasteiger partial charge in [-0.25, -0.2) is 4.39 Å². The van der Waals surface area contributed by atoms with Crippen LogP contribution in [-0.4, -0.2) is 41.9 Å². The molecule has 4 rings (SSSR count). The Morgan fingerprint density at radius 1 is 1.16 bits per heavy atom. The van der Waals surface area contributed by atoms with E-state index in [0.717, 1.165) is 54.8 Å². The summed E-state index contributed by atoms with van der Waals surface area (Å²) in [5, 5.41) is 1.10. The molecule has 0 N–H and O–H groups in total. The molecule has 1 fully saturated rings. The summed E-state index contributed by atoms with van der Waals surface area (Å²) in [5.74, 6) is 1.15. The molecule has 1 aromatic heterocycles. The summed E-state index contributed by atoms with van der Waals surface area (Å²) >= 11 is 0. The van der Waals surface area contributed by atoms with E-state index in [4.69, 9.17) is 4.74 Å². The number of hydrogen-bond acceptors (Lipinski definition) is 4. The number of Topliss-reactive ketones (excluding diaryl/α,β-unsaturated/α-hetero) is 1. The van der Waals surface area contributed by atoms with Crippen LogP contribution < -0.4 is 4.74 Å². The highest BCUT2D eigenvalue weighted by atomic mass is 19.1. The number of carbonyl (C=O) groups excluding carboxylic acids is 1. The van der Waals surface area contributed by atoms with Crippen LogP contribution in [0.5, 0.6) is 5.75 Å². The lowest BCUT2D eigenvalue weighted by Crippen LogP contribution is -2.38. The minimum absolute atomic E-state index is 0.0814. The van der Waals surface area contributed by atoms with Crippen molar-refractivity contribution >= 4 is 16.7 Å². The molecule has 31 heavy (non-hydrogen) atoms. The number of piperidine rings is 1. The lowest BCUT2D eigenvalue weighted by molar-refractivity contribution is 0.0960. The number of fused-ring (bicyclic) bond motifs is 1. The van der Waals surface area contributed by atoms with Crippen molar-refractivity contribution in [2.45, 2.75) is 32.6 Å². The normalized spacial score (nSPS) is 17.0. The Morgan fingerprint density at radius 2 is 2.00 bits per heavy atom. The van der Waals surface area contributed by atoms with Crippen LogP contribution in [0.15, 0.2) is 54.6 Å². The zero-order valence-electron chi connectivity index (χ0n) is 18.0. The van der Waals surface area contributed by atoms with Crippen LogP contribution in [-0.2, 0) is 0 Å². The molecule has 0 amide bonds. The molecule has 0 saturated carbocycles. The molecular weight excluding hydrogens is 391 g/mol. The zero-order chi connectivity index (χ0) is 21.6. The molecule has 162 valence electrons. The number of ketones is 1. The number of halogens is 1. The Morgan fingerprint density at radius 3 is 2.84 bits per heavy atom. The third kappa shape index (κ3) is 5.88. The second-order valence-electron chi connectivity index (χ2n) is 8.46. The average Bonchev–Trinajstić information content (AvgIpc) is 2.78. The van der Waals surface area contributed by atoms with E-state index >= 15 is 0 Å². The van der Waals surface area contributed by atoms with Crippen LogP contribution in [0.1, 0.15) is 41.7 Å². The minimum Gasteiger partial charge on any atom is -0.493 e. The number of rotatable bonds is 8. The average molecular weight is 421 g/mol. The van der Waals surface area contributed by atoms with E-state index < -0.39 is 0 Å². The maximum Gasteiger partial charge on any atom is 0.162 e. The van der Waals surface area contributed by atoms with Crippen molar-refractivity contribution in [1.82, 2.24) is 9.88 Å². The van der Waals surface area contributed by atoms with Gasteiger partial charge in [0.15, 0.2) is 5.78 Å². The van der Waals surface area contributed by atoms with Gasteiger partial charge in [0.2, 0.25) is 0 Å². The fourth-order valence-corrected chi connectivity index (χ4v) is 4.24. The molecule has 0 aliphatic carbocycles. The van der Waals surface area contributed by atoms with E-state index in [-0.39, 0.29) is 11.6 Å². The number of aromatic nitrogens is 1. The van der Waals surface area contributed by atoms with Gasteiger partial charge in [-0.05, 0) is 87.8 Å². The van der Waals surface area contributed by atoms with Crippen LogP contribution in [0.3, 0.4) is 0 Å². The van der Waals surface area contributed by atoms with Crippen LogP contribution in [0.4, 0.5) is 4.39 Å². The summed E-state index contributed by atoms with van der Waals surface area (Å²) in [6.07, 6.45) is 3.63. The van der Waals surface area contributed by atoms with Gasteiger partial charge < -0.3 is 9.64 Å². The summed E-state index contributed by atoms with van der Waals surface area (Å²) < 4.78 is 19.1. The maximum absolute atomic E-state index is 13.0. The van der Waals surface area contributed by atoms with Crippen LogP contribution in [0.2, 0.25) is 0 Å². The fraction of sp³-hybridized carbons (Fsp3) is 0.385. The highest BCUT2D eigenvalue weighted by molar-refractivity contribution is 5.95. The van der Waals surface area contributed by atoms with Crippen molar-refractivity contribution in [2.75, 3.05) is 26.2 Å². The minimum atomic E-state index is -0.311. The summed E-state index contributed by atoms with van der Waals surface area (Å²) in [6.45, 7) is 5.68. The monoisotopic (exact) mass is 420 g/mol. The Hall–Kier alpha value is -2.79. The van der Waals surface area contributed by atoms with E-state index in [0.29, 0.717) is 24.5 Å². The number of aryl methyl sites for hydroxylation is 1. The van der Waals surface area contributed by atoms with Crippen molar-refractivity contribution in [3.05, 3.63) is 71.7 Å². The molecule has 5 heteroatoms. The van der Waals surface area contributed by atoms with Gasteiger partial charge in [-0.3, -0.25) is 9.78 Å². The first-order valence-electron chi connectivity index (χ1n) is 11.1. The summed E-state index contributed by atoms with van der Waals surface area (Å²) in [4.78, 5) is 19.2. The third-order valence-electron chi connectivity index (χ3n) is 5.93. The number of likely N-dealkylation sites (tertiary alicyclic amines) is 1. The maximum atomic E-state index is 13.0. The zero-order valence-corrected chi connectivity index (χ0v) is 18.0. The lowest BCUT2D eigenvalue weighted by Gasteiger charge is -2.32. The number of carbonyl (C=O) groups is 1. The number of nitrogens with zero attached hydrogens (tertiary/aromatic N) is 2. The van der Waals surface area contributed by atoms with Crippen molar-refractivity contribution in [3.63, 3.8) is 0 Å². The SMILES string of the molecule is Cc1ccc2cc(OCC3CCCN(CCCC(=O)c4ccc(F)cc4)C3)ccc2n1. The van der Waals surface area contributed by atoms with E-state index in [1.165, 1.54) is 18.6 Å². The molecule has 0 bridgehead atoms. The highest BCUT2D eigenvalue weighted by Crippen LogP contribution is 2.23. The first-order valence-corrected chi connectivity index (χ1v) is 11.1. The molecule has 1 unspecified atom stereocenters. The molecule has 1 saturated heterocycles. The predicted octanol–water partition coefficient (Wildman–Crippen LogP) is 5.44. The summed E-state index contributed by atoms with van der Waals surface area (Å²) in [5.41, 5.74) is 2.60. The quantitative estimate of drug-likeness (QED) is 0.455. The van der Waals surface area contributed by atoms with E-state index in [1.54, 1.807) is 12.1 Å². The molecule has 2 heterocycles. The van der Waals surface area contributed by atoms with Gasteiger partial charge in [0.05, 0.1) is 12.1 Å². The number of hydrogen-bond donors (Lipinski definition) is 0. The van der Waals surface area contributed by atoms with Crippen LogP contribution in [0.25, 0.3) is 10.9 Å². The van der Waals surface area contributed by atoms with Crippen molar-refractivity contribution in [3.8, 4) is 5.75 Å². The number of benzene rings is 2. The van der Waals surface area contributed by atoms with Gasteiger partial charge in [0.25, 0.3) is 0 Å².